The van der Waals surface area contributed by atoms with E-state index in [4.69, 9.17) is 26.8 Å². The van der Waals surface area contributed by atoms with Crippen LogP contribution in [0.25, 0.3) is 11.3 Å². The Hall–Kier alpha value is -1.89. The molecule has 1 saturated heterocycles. The van der Waals surface area contributed by atoms with Gasteiger partial charge in [-0.25, -0.2) is 9.97 Å². The lowest BCUT2D eigenvalue weighted by Gasteiger charge is -2.33. The predicted molar refractivity (Wildman–Crippen MR) is 82.9 cm³/mol. The Morgan fingerprint density at radius 1 is 1.32 bits per heavy atom. The normalized spacial score (nSPS) is 23.3. The van der Waals surface area contributed by atoms with Crippen molar-refractivity contribution < 1.29 is 9.47 Å². The van der Waals surface area contributed by atoms with Gasteiger partial charge in [-0.3, -0.25) is 0 Å². The first kappa shape index (κ1) is 13.8. The van der Waals surface area contributed by atoms with Crippen LogP contribution in [-0.2, 0) is 10.3 Å². The summed E-state index contributed by atoms with van der Waals surface area (Å²) >= 11 is 6.32. The third-order valence-corrected chi connectivity index (χ3v) is 4.26. The molecular weight excluding hydrogens is 304 g/mol. The summed E-state index contributed by atoms with van der Waals surface area (Å²) in [6.45, 7) is 2.56. The van der Waals surface area contributed by atoms with Crippen LogP contribution in [0.15, 0.2) is 24.4 Å². The van der Waals surface area contributed by atoms with Crippen molar-refractivity contribution in [2.75, 3.05) is 32.1 Å². The van der Waals surface area contributed by atoms with Gasteiger partial charge in [0.25, 0.3) is 0 Å². The van der Waals surface area contributed by atoms with Crippen molar-refractivity contribution in [3.05, 3.63) is 35.0 Å². The number of nitrogens with one attached hydrogen (secondary N) is 1. The van der Waals surface area contributed by atoms with Crippen molar-refractivity contribution in [2.24, 2.45) is 0 Å². The molecule has 1 fully saturated rings. The summed E-state index contributed by atoms with van der Waals surface area (Å²) in [5.41, 5.74) is 7.87. The Bertz CT molecular complexity index is 731. The molecule has 7 heteroatoms. The summed E-state index contributed by atoms with van der Waals surface area (Å²) in [7, 11) is 0. The maximum atomic E-state index is 6.32. The molecule has 0 saturated carbocycles. The van der Waals surface area contributed by atoms with E-state index in [9.17, 15) is 0 Å². The fourth-order valence-corrected chi connectivity index (χ4v) is 3.24. The van der Waals surface area contributed by atoms with Gasteiger partial charge in [0.15, 0.2) is 0 Å². The summed E-state index contributed by atoms with van der Waals surface area (Å²) < 4.78 is 11.6. The van der Waals surface area contributed by atoms with Gasteiger partial charge in [0, 0.05) is 28.9 Å². The Labute approximate surface area is 132 Å². The minimum absolute atomic E-state index is 0.220. The SMILES string of the molecule is Nc1nccc(-c2cc(Cl)cc3c2OCC32COCCN2)n1. The zero-order chi connectivity index (χ0) is 15.2. The van der Waals surface area contributed by atoms with Gasteiger partial charge in [0.1, 0.15) is 17.9 Å². The van der Waals surface area contributed by atoms with Gasteiger partial charge in [0.05, 0.1) is 18.9 Å². The van der Waals surface area contributed by atoms with Crippen LogP contribution in [0.2, 0.25) is 5.02 Å². The lowest BCUT2D eigenvalue weighted by molar-refractivity contribution is 0.0160. The lowest BCUT2D eigenvalue weighted by Crippen LogP contribution is -2.52. The topological polar surface area (TPSA) is 82.3 Å². The number of hydrogen-bond donors (Lipinski definition) is 2. The first-order valence-corrected chi connectivity index (χ1v) is 7.44. The summed E-state index contributed by atoms with van der Waals surface area (Å²) in [5.74, 6) is 0.999. The average Bonchev–Trinajstić information content (AvgIpc) is 2.86. The Balaban J connectivity index is 1.87. The van der Waals surface area contributed by atoms with E-state index < -0.39 is 0 Å². The molecule has 0 bridgehead atoms. The van der Waals surface area contributed by atoms with Crippen LogP contribution in [0.1, 0.15) is 5.56 Å². The first-order valence-electron chi connectivity index (χ1n) is 7.06. The number of aromatic nitrogens is 2. The molecule has 2 aromatic rings. The second kappa shape index (κ2) is 5.08. The minimum Gasteiger partial charge on any atom is -0.490 e. The van der Waals surface area contributed by atoms with E-state index in [0.29, 0.717) is 30.5 Å². The van der Waals surface area contributed by atoms with Gasteiger partial charge in [-0.05, 0) is 18.2 Å². The van der Waals surface area contributed by atoms with Crippen LogP contribution in [0.3, 0.4) is 0 Å². The van der Waals surface area contributed by atoms with Crippen LogP contribution in [0.4, 0.5) is 5.95 Å². The largest absolute Gasteiger partial charge is 0.490 e. The maximum Gasteiger partial charge on any atom is 0.220 e. The number of hydrogen-bond acceptors (Lipinski definition) is 6. The van der Waals surface area contributed by atoms with E-state index in [1.807, 2.05) is 12.1 Å². The highest BCUT2D eigenvalue weighted by molar-refractivity contribution is 6.31. The number of anilines is 1. The minimum atomic E-state index is -0.341. The van der Waals surface area contributed by atoms with E-state index in [2.05, 4.69) is 15.3 Å². The van der Waals surface area contributed by atoms with E-state index in [-0.39, 0.29) is 11.5 Å². The third-order valence-electron chi connectivity index (χ3n) is 4.04. The van der Waals surface area contributed by atoms with E-state index in [1.54, 1.807) is 12.3 Å². The van der Waals surface area contributed by atoms with Crippen LogP contribution in [0.5, 0.6) is 5.75 Å². The number of ether oxygens (including phenoxy) is 2. The van der Waals surface area contributed by atoms with E-state index >= 15 is 0 Å². The quantitative estimate of drug-likeness (QED) is 0.831. The molecule has 3 N–H and O–H groups in total. The van der Waals surface area contributed by atoms with Crippen LogP contribution in [-0.4, -0.2) is 36.3 Å². The predicted octanol–water partition coefficient (Wildman–Crippen LogP) is 1.59. The van der Waals surface area contributed by atoms with Crippen molar-refractivity contribution in [1.29, 1.82) is 0 Å². The average molecular weight is 319 g/mol. The summed E-state index contributed by atoms with van der Waals surface area (Å²) in [6, 6.07) is 5.56. The molecule has 114 valence electrons. The Morgan fingerprint density at radius 3 is 3.00 bits per heavy atom. The maximum absolute atomic E-state index is 6.32. The van der Waals surface area contributed by atoms with Gasteiger partial charge in [-0.15, -0.1) is 0 Å². The molecule has 1 aromatic heterocycles. The van der Waals surface area contributed by atoms with Crippen LogP contribution >= 0.6 is 11.6 Å². The molecule has 0 aliphatic carbocycles. The second-order valence-electron chi connectivity index (χ2n) is 5.48. The number of halogens is 1. The first-order chi connectivity index (χ1) is 10.7. The highest BCUT2D eigenvalue weighted by Crippen LogP contribution is 2.45. The number of morpholine rings is 1. The summed E-state index contributed by atoms with van der Waals surface area (Å²) in [6.07, 6.45) is 1.62. The number of fused-ring (bicyclic) bond motifs is 2. The molecule has 0 radical (unpaired) electrons. The smallest absolute Gasteiger partial charge is 0.220 e. The fraction of sp³-hybridized carbons (Fsp3) is 0.333. The van der Waals surface area contributed by atoms with Crippen molar-refractivity contribution >= 4 is 17.5 Å². The zero-order valence-corrected chi connectivity index (χ0v) is 12.6. The Kier molecular flexibility index (Phi) is 3.18. The van der Waals surface area contributed by atoms with E-state index in [0.717, 1.165) is 23.4 Å². The van der Waals surface area contributed by atoms with Gasteiger partial charge >= 0.3 is 0 Å². The van der Waals surface area contributed by atoms with Crippen LogP contribution in [0, 0.1) is 0 Å². The second-order valence-corrected chi connectivity index (χ2v) is 5.92. The fourth-order valence-electron chi connectivity index (χ4n) is 3.02. The molecule has 3 heterocycles. The third kappa shape index (κ3) is 2.11. The molecule has 4 rings (SSSR count). The highest BCUT2D eigenvalue weighted by atomic mass is 35.5. The molecule has 2 aliphatic rings. The molecular formula is C15H15ClN4O2. The Morgan fingerprint density at radius 2 is 2.23 bits per heavy atom. The standard InChI is InChI=1S/C15H15ClN4O2/c16-9-5-10(12-1-2-18-14(17)20-12)13-11(6-9)15(8-22-13)7-21-4-3-19-15/h1-2,5-6,19H,3-4,7-8H2,(H2,17,18,20). The molecule has 2 aliphatic heterocycles. The monoisotopic (exact) mass is 318 g/mol. The van der Waals surface area contributed by atoms with Crippen molar-refractivity contribution in [3.63, 3.8) is 0 Å². The van der Waals surface area contributed by atoms with Gasteiger partial charge in [-0.1, -0.05) is 11.6 Å². The number of nitrogens with two attached hydrogens (primary N) is 1. The summed E-state index contributed by atoms with van der Waals surface area (Å²) in [5, 5.41) is 4.13. The van der Waals surface area contributed by atoms with Gasteiger partial charge in [0.2, 0.25) is 5.95 Å². The molecule has 0 amide bonds. The molecule has 1 aromatic carbocycles. The molecule has 1 unspecified atom stereocenters. The number of benzene rings is 1. The molecule has 22 heavy (non-hydrogen) atoms. The van der Waals surface area contributed by atoms with Crippen molar-refractivity contribution in [3.8, 4) is 17.0 Å². The zero-order valence-electron chi connectivity index (χ0n) is 11.8. The van der Waals surface area contributed by atoms with Crippen molar-refractivity contribution in [2.45, 2.75) is 5.54 Å². The highest BCUT2D eigenvalue weighted by Gasteiger charge is 2.43. The van der Waals surface area contributed by atoms with Gasteiger partial charge < -0.3 is 20.5 Å². The summed E-state index contributed by atoms with van der Waals surface area (Å²) in [4.78, 5) is 8.20. The molecule has 1 spiro atoms. The van der Waals surface area contributed by atoms with Gasteiger partial charge in [-0.2, -0.15) is 0 Å². The molecule has 1 atom stereocenters. The van der Waals surface area contributed by atoms with Crippen LogP contribution < -0.4 is 15.8 Å². The molecule has 6 nitrogen and oxygen atoms in total. The number of rotatable bonds is 1. The number of nitrogens with zero attached hydrogens (tertiary/aromatic N) is 2. The van der Waals surface area contributed by atoms with Crippen molar-refractivity contribution in [1.82, 2.24) is 15.3 Å². The number of nitrogen functional groups attached to an aromatic ring is 1. The lowest BCUT2D eigenvalue weighted by atomic mass is 9.90. The van der Waals surface area contributed by atoms with E-state index in [1.165, 1.54) is 0 Å².